The molecule has 6 nitrogen and oxygen atoms in total. The molecule has 0 unspecified atom stereocenters. The van der Waals surface area contributed by atoms with E-state index in [1.807, 2.05) is 66.8 Å². The van der Waals surface area contributed by atoms with Crippen molar-refractivity contribution in [3.05, 3.63) is 65.2 Å². The number of hydrogen-bond acceptors (Lipinski definition) is 7. The Labute approximate surface area is 176 Å². The zero-order chi connectivity index (χ0) is 20.5. The van der Waals surface area contributed by atoms with E-state index >= 15 is 0 Å². The summed E-state index contributed by atoms with van der Waals surface area (Å²) in [4.78, 5) is 6.61. The first-order valence-corrected chi connectivity index (χ1v) is 10.3. The van der Waals surface area contributed by atoms with E-state index in [0.717, 1.165) is 33.6 Å². The molecule has 0 fully saturated rings. The highest BCUT2D eigenvalue weighted by molar-refractivity contribution is 7.13. The monoisotopic (exact) mass is 413 g/mol. The minimum atomic E-state index is 0.471. The number of nitrogens with zero attached hydrogens (tertiary/aromatic N) is 2. The maximum atomic E-state index is 5.75. The van der Waals surface area contributed by atoms with E-state index in [0.29, 0.717) is 26.4 Å². The van der Waals surface area contributed by atoms with Crippen molar-refractivity contribution in [2.75, 3.05) is 44.6 Å². The summed E-state index contributed by atoms with van der Waals surface area (Å²) in [6.07, 6.45) is 0. The van der Waals surface area contributed by atoms with Gasteiger partial charge in [0.2, 0.25) is 0 Å². The molecule has 3 rings (SSSR count). The summed E-state index contributed by atoms with van der Waals surface area (Å²) in [6.45, 7) is 2.18. The van der Waals surface area contributed by atoms with Crippen LogP contribution in [0, 0.1) is 0 Å². The molecule has 0 saturated heterocycles. The Balaban J connectivity index is 1.36. The minimum Gasteiger partial charge on any atom is -0.497 e. The van der Waals surface area contributed by atoms with Gasteiger partial charge < -0.3 is 24.4 Å². The van der Waals surface area contributed by atoms with Gasteiger partial charge >= 0.3 is 0 Å². The van der Waals surface area contributed by atoms with Crippen LogP contribution in [0.3, 0.4) is 0 Å². The molecule has 29 heavy (non-hydrogen) atoms. The van der Waals surface area contributed by atoms with Gasteiger partial charge in [-0.15, -0.1) is 11.3 Å². The molecule has 0 radical (unpaired) electrons. The SMILES string of the molecule is COc1cccc(CNc2nc(COCCOc3cccc(N(C)C)c3)cs2)c1. The van der Waals surface area contributed by atoms with E-state index in [1.54, 1.807) is 18.4 Å². The third-order valence-electron chi connectivity index (χ3n) is 4.21. The molecule has 0 aliphatic carbocycles. The van der Waals surface area contributed by atoms with E-state index in [1.165, 1.54) is 0 Å². The van der Waals surface area contributed by atoms with Crippen LogP contribution >= 0.6 is 11.3 Å². The molecule has 0 spiro atoms. The largest absolute Gasteiger partial charge is 0.497 e. The topological polar surface area (TPSA) is 55.9 Å². The van der Waals surface area contributed by atoms with E-state index in [4.69, 9.17) is 14.2 Å². The van der Waals surface area contributed by atoms with Crippen molar-refractivity contribution in [1.82, 2.24) is 4.98 Å². The Morgan fingerprint density at radius 1 is 1.03 bits per heavy atom. The highest BCUT2D eigenvalue weighted by Crippen LogP contribution is 2.20. The molecule has 0 saturated carbocycles. The molecule has 1 aromatic heterocycles. The van der Waals surface area contributed by atoms with Gasteiger partial charge in [-0.05, 0) is 29.8 Å². The zero-order valence-corrected chi connectivity index (χ0v) is 17.9. The van der Waals surface area contributed by atoms with Crippen LogP contribution in [-0.2, 0) is 17.9 Å². The second-order valence-corrected chi connectivity index (χ2v) is 7.50. The van der Waals surface area contributed by atoms with Gasteiger partial charge in [0.25, 0.3) is 0 Å². The van der Waals surface area contributed by atoms with Gasteiger partial charge in [-0.3, -0.25) is 0 Å². The normalized spacial score (nSPS) is 10.6. The van der Waals surface area contributed by atoms with E-state index in [2.05, 4.69) is 16.4 Å². The molecule has 1 N–H and O–H groups in total. The number of anilines is 2. The van der Waals surface area contributed by atoms with Gasteiger partial charge in [0.05, 0.1) is 26.0 Å². The Morgan fingerprint density at radius 2 is 1.86 bits per heavy atom. The van der Waals surface area contributed by atoms with Crippen LogP contribution in [-0.4, -0.2) is 39.4 Å². The number of hydrogen-bond donors (Lipinski definition) is 1. The smallest absolute Gasteiger partial charge is 0.183 e. The van der Waals surface area contributed by atoms with Gasteiger partial charge in [-0.1, -0.05) is 18.2 Å². The van der Waals surface area contributed by atoms with Crippen molar-refractivity contribution in [3.63, 3.8) is 0 Å². The fourth-order valence-corrected chi connectivity index (χ4v) is 3.36. The van der Waals surface area contributed by atoms with Crippen LogP contribution in [0.4, 0.5) is 10.8 Å². The molecule has 0 amide bonds. The number of aromatic nitrogens is 1. The van der Waals surface area contributed by atoms with E-state index in [-0.39, 0.29) is 0 Å². The van der Waals surface area contributed by atoms with Gasteiger partial charge in [0.1, 0.15) is 18.1 Å². The van der Waals surface area contributed by atoms with Crippen LogP contribution in [0.15, 0.2) is 53.9 Å². The average molecular weight is 414 g/mol. The molecule has 0 aliphatic heterocycles. The van der Waals surface area contributed by atoms with Gasteiger partial charge in [0, 0.05) is 37.8 Å². The third-order valence-corrected chi connectivity index (χ3v) is 5.06. The molecule has 0 aliphatic rings. The van der Waals surface area contributed by atoms with Crippen LogP contribution in [0.5, 0.6) is 11.5 Å². The lowest BCUT2D eigenvalue weighted by atomic mass is 10.2. The Morgan fingerprint density at radius 3 is 2.69 bits per heavy atom. The summed E-state index contributed by atoms with van der Waals surface area (Å²) in [6, 6.07) is 16.0. The molecule has 1 heterocycles. The standard InChI is InChI=1S/C22H27N3O3S/c1-25(2)19-7-5-9-21(13-19)28-11-10-27-15-18-16-29-22(24-18)23-14-17-6-4-8-20(12-17)26-3/h4-9,12-13,16H,10-11,14-15H2,1-3H3,(H,23,24). The van der Waals surface area contributed by atoms with Crippen molar-refractivity contribution >= 4 is 22.2 Å². The number of benzene rings is 2. The first kappa shape index (κ1) is 21.0. The van der Waals surface area contributed by atoms with Gasteiger partial charge in [-0.2, -0.15) is 0 Å². The highest BCUT2D eigenvalue weighted by atomic mass is 32.1. The van der Waals surface area contributed by atoms with Crippen LogP contribution < -0.4 is 19.7 Å². The number of thiazole rings is 1. The molecule has 154 valence electrons. The first-order valence-electron chi connectivity index (χ1n) is 9.43. The fourth-order valence-electron chi connectivity index (χ4n) is 2.66. The second-order valence-electron chi connectivity index (χ2n) is 6.64. The minimum absolute atomic E-state index is 0.471. The van der Waals surface area contributed by atoms with Gasteiger partial charge in [-0.25, -0.2) is 4.98 Å². The lowest BCUT2D eigenvalue weighted by Crippen LogP contribution is -2.10. The molecule has 0 bridgehead atoms. The summed E-state index contributed by atoms with van der Waals surface area (Å²) in [5.41, 5.74) is 3.17. The predicted molar refractivity (Wildman–Crippen MR) is 118 cm³/mol. The number of rotatable bonds is 11. The lowest BCUT2D eigenvalue weighted by molar-refractivity contribution is 0.0873. The number of nitrogens with one attached hydrogen (secondary N) is 1. The zero-order valence-electron chi connectivity index (χ0n) is 17.1. The van der Waals surface area contributed by atoms with Crippen molar-refractivity contribution in [1.29, 1.82) is 0 Å². The molecular formula is C22H27N3O3S. The summed E-state index contributed by atoms with van der Waals surface area (Å²) in [5, 5.41) is 6.22. The quantitative estimate of drug-likeness (QED) is 0.470. The Hall–Kier alpha value is -2.77. The Kier molecular flexibility index (Phi) is 7.72. The number of ether oxygens (including phenoxy) is 3. The van der Waals surface area contributed by atoms with Gasteiger partial charge in [0.15, 0.2) is 5.13 Å². The molecular weight excluding hydrogens is 386 g/mol. The highest BCUT2D eigenvalue weighted by Gasteiger charge is 2.04. The van der Waals surface area contributed by atoms with Crippen LogP contribution in [0.2, 0.25) is 0 Å². The number of methoxy groups -OCH3 is 1. The lowest BCUT2D eigenvalue weighted by Gasteiger charge is -2.14. The molecule has 7 heteroatoms. The summed E-state index contributed by atoms with van der Waals surface area (Å²) >= 11 is 1.57. The van der Waals surface area contributed by atoms with E-state index < -0.39 is 0 Å². The van der Waals surface area contributed by atoms with Crippen molar-refractivity contribution < 1.29 is 14.2 Å². The van der Waals surface area contributed by atoms with Crippen LogP contribution in [0.25, 0.3) is 0 Å². The molecule has 3 aromatic rings. The Bertz CT molecular complexity index is 898. The maximum absolute atomic E-state index is 5.75. The average Bonchev–Trinajstić information content (AvgIpc) is 3.20. The predicted octanol–water partition coefficient (Wildman–Crippen LogP) is 4.43. The van der Waals surface area contributed by atoms with E-state index in [9.17, 15) is 0 Å². The first-order chi connectivity index (χ1) is 14.1. The third kappa shape index (κ3) is 6.66. The van der Waals surface area contributed by atoms with Crippen molar-refractivity contribution in [2.24, 2.45) is 0 Å². The summed E-state index contributed by atoms with van der Waals surface area (Å²) in [7, 11) is 5.69. The summed E-state index contributed by atoms with van der Waals surface area (Å²) < 4.78 is 16.7. The van der Waals surface area contributed by atoms with Crippen molar-refractivity contribution in [3.8, 4) is 11.5 Å². The summed E-state index contributed by atoms with van der Waals surface area (Å²) in [5.74, 6) is 1.70. The fraction of sp³-hybridized carbons (Fsp3) is 0.318. The molecule has 0 atom stereocenters. The van der Waals surface area contributed by atoms with Crippen LogP contribution in [0.1, 0.15) is 11.3 Å². The maximum Gasteiger partial charge on any atom is 0.183 e. The second kappa shape index (κ2) is 10.7. The molecule has 2 aromatic carbocycles. The van der Waals surface area contributed by atoms with Crippen molar-refractivity contribution in [2.45, 2.75) is 13.2 Å².